The smallest absolute Gasteiger partial charge is 0.262 e. The van der Waals surface area contributed by atoms with Crippen molar-refractivity contribution in [2.24, 2.45) is 0 Å². The van der Waals surface area contributed by atoms with Crippen LogP contribution in [0.25, 0.3) is 10.9 Å². The zero-order chi connectivity index (χ0) is 21.9. The summed E-state index contributed by atoms with van der Waals surface area (Å²) in [7, 11) is 0. The van der Waals surface area contributed by atoms with Crippen LogP contribution < -0.4 is 10.9 Å². The first-order valence-corrected chi connectivity index (χ1v) is 10.8. The molecule has 1 N–H and O–H groups in total. The van der Waals surface area contributed by atoms with E-state index in [0.29, 0.717) is 21.6 Å². The molecule has 1 amide bonds. The maximum atomic E-state index is 13.0. The summed E-state index contributed by atoms with van der Waals surface area (Å²) in [6.07, 6.45) is 3.03. The predicted octanol–water partition coefficient (Wildman–Crippen LogP) is 5.13. The highest BCUT2D eigenvalue weighted by atomic mass is 32.1. The second-order valence-corrected chi connectivity index (χ2v) is 6.51. The number of thiazole rings is 1. The van der Waals surface area contributed by atoms with Gasteiger partial charge in [0.25, 0.3) is 11.5 Å². The fourth-order valence-corrected chi connectivity index (χ4v) is 3.33. The number of hydrogen-bond donors (Lipinski definition) is 1. The van der Waals surface area contributed by atoms with Gasteiger partial charge in [0.1, 0.15) is 6.04 Å². The molecule has 0 aliphatic heterocycles. The lowest BCUT2D eigenvalue weighted by molar-refractivity contribution is -0.118. The molecule has 0 bridgehead atoms. The number of nitrogens with zero attached hydrogens (tertiary/aromatic N) is 3. The largest absolute Gasteiger partial charge is 0.300 e. The number of amides is 1. The molecule has 1 unspecified atom stereocenters. The number of carbonyl (C=O) groups is 1. The van der Waals surface area contributed by atoms with Gasteiger partial charge in [-0.25, -0.2) is 9.97 Å². The Hall–Kier alpha value is -3.32. The van der Waals surface area contributed by atoms with E-state index in [0.717, 1.165) is 0 Å². The topological polar surface area (TPSA) is 76.9 Å². The normalized spacial score (nSPS) is 10.8. The highest BCUT2D eigenvalue weighted by Gasteiger charge is 2.25. The van der Waals surface area contributed by atoms with Gasteiger partial charge in [-0.15, -0.1) is 11.3 Å². The summed E-state index contributed by atoms with van der Waals surface area (Å²) in [5.74, 6) is -0.342. The fraction of sp³-hybridized carbons (Fsp3) is 0.217. The van der Waals surface area contributed by atoms with E-state index < -0.39 is 6.04 Å². The summed E-state index contributed by atoms with van der Waals surface area (Å²) >= 11 is 1.32. The highest BCUT2D eigenvalue weighted by molar-refractivity contribution is 7.13. The number of nitrogens with one attached hydrogen (secondary N) is 1. The average molecular weight is 423 g/mol. The van der Waals surface area contributed by atoms with Crippen molar-refractivity contribution in [3.63, 3.8) is 0 Å². The number of hydrogen-bond acceptors (Lipinski definition) is 5. The third-order valence-corrected chi connectivity index (χ3v) is 4.68. The first-order chi connectivity index (χ1) is 14.7. The van der Waals surface area contributed by atoms with Crippen molar-refractivity contribution >= 4 is 33.3 Å². The van der Waals surface area contributed by atoms with Gasteiger partial charge in [-0.05, 0) is 17.7 Å². The number of benzene rings is 2. The van der Waals surface area contributed by atoms with Crippen LogP contribution in [-0.4, -0.2) is 20.4 Å². The molecule has 0 spiro atoms. The molecule has 4 aromatic rings. The fourth-order valence-electron chi connectivity index (χ4n) is 2.80. The molecule has 0 saturated carbocycles. The van der Waals surface area contributed by atoms with Gasteiger partial charge in [0, 0.05) is 11.6 Å². The van der Waals surface area contributed by atoms with Crippen LogP contribution in [0, 0.1) is 0 Å². The Morgan fingerprint density at radius 3 is 2.30 bits per heavy atom. The molecule has 6 nitrogen and oxygen atoms in total. The second kappa shape index (κ2) is 11.6. The molecule has 0 aliphatic rings. The molecule has 156 valence electrons. The zero-order valence-electron chi connectivity index (χ0n) is 17.6. The Morgan fingerprint density at radius 2 is 1.63 bits per heavy atom. The van der Waals surface area contributed by atoms with E-state index >= 15 is 0 Å². The van der Waals surface area contributed by atoms with Gasteiger partial charge in [0.2, 0.25) is 0 Å². The monoisotopic (exact) mass is 422 g/mol. The van der Waals surface area contributed by atoms with E-state index in [-0.39, 0.29) is 11.5 Å². The molecule has 0 saturated heterocycles. The van der Waals surface area contributed by atoms with Gasteiger partial charge < -0.3 is 0 Å². The number of rotatable bonds is 4. The van der Waals surface area contributed by atoms with Crippen molar-refractivity contribution in [3.05, 3.63) is 88.4 Å². The van der Waals surface area contributed by atoms with Gasteiger partial charge in [0.05, 0.1) is 17.2 Å². The molecule has 30 heavy (non-hydrogen) atoms. The van der Waals surface area contributed by atoms with Crippen molar-refractivity contribution in [3.8, 4) is 0 Å². The van der Waals surface area contributed by atoms with Gasteiger partial charge in [-0.3, -0.25) is 19.5 Å². The minimum atomic E-state index is -0.843. The van der Waals surface area contributed by atoms with Crippen molar-refractivity contribution in [1.82, 2.24) is 14.5 Å². The molecule has 1 atom stereocenters. The molecule has 4 rings (SSSR count). The SMILES string of the molecule is CC.CC.O=C(Nc1nccs1)C(c1ccccc1)n1cnc2ccccc2c1=O. The quantitative estimate of drug-likeness (QED) is 0.494. The first-order valence-electron chi connectivity index (χ1n) is 9.95. The lowest BCUT2D eigenvalue weighted by Gasteiger charge is -2.19. The third-order valence-electron chi connectivity index (χ3n) is 3.99. The van der Waals surface area contributed by atoms with Crippen molar-refractivity contribution < 1.29 is 4.79 Å². The minimum absolute atomic E-state index is 0.265. The Labute approximate surface area is 180 Å². The van der Waals surface area contributed by atoms with Gasteiger partial charge in [-0.2, -0.15) is 0 Å². The van der Waals surface area contributed by atoms with Crippen LogP contribution in [0.15, 0.2) is 77.3 Å². The van der Waals surface area contributed by atoms with E-state index in [4.69, 9.17) is 0 Å². The minimum Gasteiger partial charge on any atom is -0.300 e. The van der Waals surface area contributed by atoms with Crippen LogP contribution in [-0.2, 0) is 4.79 Å². The number of anilines is 1. The Kier molecular flexibility index (Phi) is 8.90. The molecule has 2 heterocycles. The lowest BCUT2D eigenvalue weighted by atomic mass is 10.1. The molecule has 2 aromatic heterocycles. The van der Waals surface area contributed by atoms with Crippen LogP contribution in [0.4, 0.5) is 5.13 Å². The summed E-state index contributed by atoms with van der Waals surface area (Å²) in [6, 6.07) is 15.4. The summed E-state index contributed by atoms with van der Waals surface area (Å²) in [5, 5.41) is 5.50. The number of aromatic nitrogens is 3. The van der Waals surface area contributed by atoms with E-state index in [2.05, 4.69) is 15.3 Å². The van der Waals surface area contributed by atoms with Gasteiger partial charge in [-0.1, -0.05) is 70.2 Å². The third kappa shape index (κ3) is 5.18. The zero-order valence-corrected chi connectivity index (χ0v) is 18.4. The van der Waals surface area contributed by atoms with E-state index in [9.17, 15) is 9.59 Å². The molecule has 7 heteroatoms. The first kappa shape index (κ1) is 23.0. The molecule has 0 fully saturated rings. The summed E-state index contributed by atoms with van der Waals surface area (Å²) in [6.45, 7) is 8.00. The number of carbonyl (C=O) groups excluding carboxylic acids is 1. The molecule has 0 radical (unpaired) electrons. The van der Waals surface area contributed by atoms with E-state index in [1.807, 2.05) is 64.1 Å². The van der Waals surface area contributed by atoms with E-state index in [1.54, 1.807) is 29.8 Å². The maximum Gasteiger partial charge on any atom is 0.262 e. The number of para-hydroxylation sites is 1. The lowest BCUT2D eigenvalue weighted by Crippen LogP contribution is -2.34. The van der Waals surface area contributed by atoms with Crippen molar-refractivity contribution in [2.75, 3.05) is 5.32 Å². The molecular formula is C23H26N4O2S. The Balaban J connectivity index is 0.000000757. The van der Waals surface area contributed by atoms with Crippen molar-refractivity contribution in [1.29, 1.82) is 0 Å². The average Bonchev–Trinajstić information content (AvgIpc) is 3.32. The van der Waals surface area contributed by atoms with Crippen LogP contribution in [0.2, 0.25) is 0 Å². The number of fused-ring (bicyclic) bond motifs is 1. The van der Waals surface area contributed by atoms with Crippen LogP contribution >= 0.6 is 11.3 Å². The Morgan fingerprint density at radius 1 is 0.967 bits per heavy atom. The summed E-state index contributed by atoms with van der Waals surface area (Å²) < 4.78 is 1.36. The van der Waals surface area contributed by atoms with Gasteiger partial charge in [0.15, 0.2) is 5.13 Å². The molecular weight excluding hydrogens is 396 g/mol. The van der Waals surface area contributed by atoms with Crippen LogP contribution in [0.1, 0.15) is 39.3 Å². The molecule has 0 aliphatic carbocycles. The summed E-state index contributed by atoms with van der Waals surface area (Å²) in [4.78, 5) is 34.4. The maximum absolute atomic E-state index is 13.0. The molecule has 2 aromatic carbocycles. The predicted molar refractivity (Wildman–Crippen MR) is 124 cm³/mol. The summed E-state index contributed by atoms with van der Waals surface area (Å²) in [5.41, 5.74) is 1.03. The highest BCUT2D eigenvalue weighted by Crippen LogP contribution is 2.21. The van der Waals surface area contributed by atoms with Crippen LogP contribution in [0.3, 0.4) is 0 Å². The van der Waals surface area contributed by atoms with Crippen LogP contribution in [0.5, 0.6) is 0 Å². The van der Waals surface area contributed by atoms with Crippen molar-refractivity contribution in [2.45, 2.75) is 33.7 Å². The standard InChI is InChI=1S/C19H14N4O2S.2C2H6/c24-17(22-19-20-10-11-26-19)16(13-6-2-1-3-7-13)23-12-21-15-9-5-4-8-14(15)18(23)25;2*1-2/h1-12,16H,(H,20,22,24);2*1-2H3. The van der Waals surface area contributed by atoms with E-state index in [1.165, 1.54) is 22.2 Å². The second-order valence-electron chi connectivity index (χ2n) is 5.61. The Bertz CT molecular complexity index is 1110. The van der Waals surface area contributed by atoms with Gasteiger partial charge >= 0.3 is 0 Å².